The Morgan fingerprint density at radius 2 is 1.07 bits per heavy atom. The first kappa shape index (κ1) is 23.0. The molecule has 0 N–H and O–H groups in total. The highest BCUT2D eigenvalue weighted by atomic mass is 14.7. The minimum absolute atomic E-state index is 0.427. The quantitative estimate of drug-likeness (QED) is 0.192. The molecule has 6 aromatic carbocycles. The van der Waals surface area contributed by atoms with Crippen molar-refractivity contribution in [1.82, 2.24) is 9.97 Å². The molecular weight excluding hydrogens is 520 g/mol. The van der Waals surface area contributed by atoms with Crippen LogP contribution >= 0.6 is 0 Å². The first-order valence-corrected chi connectivity index (χ1v) is 14.8. The number of nitrogens with zero attached hydrogens (tertiary/aromatic N) is 2. The molecule has 1 unspecified atom stereocenters. The summed E-state index contributed by atoms with van der Waals surface area (Å²) in [4.78, 5) is 9.50. The van der Waals surface area contributed by atoms with Crippen molar-refractivity contribution in [3.05, 3.63) is 168 Å². The van der Waals surface area contributed by atoms with Crippen molar-refractivity contribution in [1.29, 1.82) is 0 Å². The van der Waals surface area contributed by atoms with E-state index in [0.717, 1.165) is 21.8 Å². The Morgan fingerprint density at radius 3 is 1.93 bits per heavy atom. The lowest BCUT2D eigenvalue weighted by molar-refractivity contribution is 0.774. The van der Waals surface area contributed by atoms with E-state index in [1.165, 1.54) is 66.4 Å². The molecule has 2 heterocycles. The average molecular weight is 545 g/mol. The number of hydrogen-bond donors (Lipinski definition) is 0. The third kappa shape index (κ3) is 2.83. The summed E-state index contributed by atoms with van der Waals surface area (Å²) in [5, 5.41) is 4.86. The number of rotatable bonds is 1. The zero-order chi connectivity index (χ0) is 28.1. The molecule has 10 rings (SSSR count). The molecule has 43 heavy (non-hydrogen) atoms. The van der Waals surface area contributed by atoms with Crippen molar-refractivity contribution >= 4 is 32.6 Å². The maximum absolute atomic E-state index is 4.80. The third-order valence-electron chi connectivity index (χ3n) is 9.77. The van der Waals surface area contributed by atoms with Crippen molar-refractivity contribution in [2.45, 2.75) is 5.41 Å². The Bertz CT molecular complexity index is 2470. The fraction of sp³-hybridized carbons (Fsp3) is 0.0244. The highest BCUT2D eigenvalue weighted by Crippen LogP contribution is 2.62. The second kappa shape index (κ2) is 8.24. The highest BCUT2D eigenvalue weighted by molar-refractivity contribution is 6.09. The molecule has 198 valence electrons. The first-order valence-electron chi connectivity index (χ1n) is 14.8. The Hall–Kier alpha value is -5.60. The van der Waals surface area contributed by atoms with Crippen LogP contribution in [0.2, 0.25) is 0 Å². The highest BCUT2D eigenvalue weighted by Gasteiger charge is 2.50. The second-order valence-electron chi connectivity index (χ2n) is 11.7. The first-order chi connectivity index (χ1) is 21.3. The van der Waals surface area contributed by atoms with Crippen molar-refractivity contribution in [3.63, 3.8) is 0 Å². The molecule has 2 heteroatoms. The Kier molecular flexibility index (Phi) is 4.41. The van der Waals surface area contributed by atoms with Gasteiger partial charge in [0.1, 0.15) is 0 Å². The number of fused-ring (bicyclic) bond motifs is 12. The maximum Gasteiger partial charge on any atom is 0.0970 e. The predicted molar refractivity (Wildman–Crippen MR) is 176 cm³/mol. The van der Waals surface area contributed by atoms with Gasteiger partial charge < -0.3 is 0 Å². The molecule has 0 radical (unpaired) electrons. The zero-order valence-electron chi connectivity index (χ0n) is 23.3. The van der Waals surface area contributed by atoms with Gasteiger partial charge in [0.25, 0.3) is 0 Å². The number of benzene rings is 6. The second-order valence-corrected chi connectivity index (χ2v) is 11.7. The normalized spacial score (nSPS) is 16.0. The van der Waals surface area contributed by atoms with Gasteiger partial charge in [-0.1, -0.05) is 115 Å². The van der Waals surface area contributed by atoms with E-state index in [4.69, 9.17) is 9.97 Å². The van der Waals surface area contributed by atoms with E-state index >= 15 is 0 Å². The van der Waals surface area contributed by atoms with Gasteiger partial charge in [-0.3, -0.25) is 9.97 Å². The zero-order valence-corrected chi connectivity index (χ0v) is 23.3. The van der Waals surface area contributed by atoms with Crippen molar-refractivity contribution < 1.29 is 0 Å². The molecule has 0 amide bonds. The largest absolute Gasteiger partial charge is 0.254 e. The van der Waals surface area contributed by atoms with Crippen LogP contribution in [0.1, 0.15) is 22.3 Å². The molecule has 2 aliphatic rings. The van der Waals surface area contributed by atoms with Gasteiger partial charge in [-0.2, -0.15) is 0 Å². The van der Waals surface area contributed by atoms with Gasteiger partial charge in [0.05, 0.1) is 16.4 Å². The van der Waals surface area contributed by atoms with E-state index in [9.17, 15) is 0 Å². The average Bonchev–Trinajstić information content (AvgIpc) is 3.37. The van der Waals surface area contributed by atoms with E-state index in [1.54, 1.807) is 0 Å². The molecule has 0 aliphatic heterocycles. The lowest BCUT2D eigenvalue weighted by atomic mass is 9.61. The summed E-state index contributed by atoms with van der Waals surface area (Å²) in [6.07, 6.45) is 3.78. The third-order valence-corrected chi connectivity index (χ3v) is 9.77. The Morgan fingerprint density at radius 1 is 0.395 bits per heavy atom. The van der Waals surface area contributed by atoms with Crippen LogP contribution in [0.5, 0.6) is 0 Å². The smallest absolute Gasteiger partial charge is 0.0970 e. The number of pyridine rings is 2. The van der Waals surface area contributed by atoms with Crippen LogP contribution < -0.4 is 0 Å². The lowest BCUT2D eigenvalue weighted by Gasteiger charge is -2.40. The summed E-state index contributed by atoms with van der Waals surface area (Å²) >= 11 is 0. The van der Waals surface area contributed by atoms with Crippen molar-refractivity contribution in [3.8, 4) is 33.4 Å². The van der Waals surface area contributed by atoms with Crippen LogP contribution in [-0.4, -0.2) is 9.97 Å². The van der Waals surface area contributed by atoms with Gasteiger partial charge >= 0.3 is 0 Å². The van der Waals surface area contributed by atoms with Crippen molar-refractivity contribution in [2.75, 3.05) is 0 Å². The minimum Gasteiger partial charge on any atom is -0.254 e. The fourth-order valence-corrected chi connectivity index (χ4v) is 8.10. The molecule has 0 saturated heterocycles. The molecule has 1 atom stereocenters. The molecule has 2 aliphatic carbocycles. The predicted octanol–water partition coefficient (Wildman–Crippen LogP) is 9.95. The van der Waals surface area contributed by atoms with Crippen LogP contribution in [0.25, 0.3) is 66.0 Å². The summed E-state index contributed by atoms with van der Waals surface area (Å²) in [5.74, 6) is 0. The van der Waals surface area contributed by atoms with Gasteiger partial charge in [0.15, 0.2) is 0 Å². The molecular formula is C41H24N2. The molecule has 2 aromatic heterocycles. The van der Waals surface area contributed by atoms with Gasteiger partial charge in [0.2, 0.25) is 0 Å². The summed E-state index contributed by atoms with van der Waals surface area (Å²) in [6.45, 7) is 0. The topological polar surface area (TPSA) is 25.8 Å². The molecule has 0 bridgehead atoms. The fourth-order valence-electron chi connectivity index (χ4n) is 8.10. The molecule has 8 aromatic rings. The molecule has 0 saturated carbocycles. The van der Waals surface area contributed by atoms with E-state index in [2.05, 4.69) is 127 Å². The van der Waals surface area contributed by atoms with E-state index < -0.39 is 5.41 Å². The van der Waals surface area contributed by atoms with Gasteiger partial charge in [-0.25, -0.2) is 0 Å². The monoisotopic (exact) mass is 544 g/mol. The summed E-state index contributed by atoms with van der Waals surface area (Å²) in [5.41, 5.74) is 14.5. The van der Waals surface area contributed by atoms with E-state index in [1.807, 2.05) is 18.5 Å². The Labute approximate surface area is 248 Å². The summed E-state index contributed by atoms with van der Waals surface area (Å²) < 4.78 is 0. The van der Waals surface area contributed by atoms with Crippen LogP contribution in [-0.2, 0) is 5.41 Å². The summed E-state index contributed by atoms with van der Waals surface area (Å²) in [6, 6.07) is 49.3. The van der Waals surface area contributed by atoms with Gasteiger partial charge in [-0.15, -0.1) is 0 Å². The van der Waals surface area contributed by atoms with Crippen LogP contribution in [0.3, 0.4) is 0 Å². The van der Waals surface area contributed by atoms with E-state index in [0.29, 0.717) is 0 Å². The van der Waals surface area contributed by atoms with Crippen LogP contribution in [0.4, 0.5) is 0 Å². The van der Waals surface area contributed by atoms with Gasteiger partial charge in [0, 0.05) is 23.2 Å². The molecule has 2 nitrogen and oxygen atoms in total. The maximum atomic E-state index is 4.80. The van der Waals surface area contributed by atoms with Gasteiger partial charge in [-0.05, 0) is 84.6 Å². The van der Waals surface area contributed by atoms with E-state index in [-0.39, 0.29) is 0 Å². The lowest BCUT2D eigenvalue weighted by Crippen LogP contribution is -2.31. The Balaban J connectivity index is 1.34. The SMILES string of the molecule is c1ccc2c(c1)-c1ccc(-c3ccnc4c3ccc3cccnc34)cc1C21c2ccccc2-c2cccc3cccc1c23. The minimum atomic E-state index is -0.427. The molecule has 1 spiro atoms. The van der Waals surface area contributed by atoms with Crippen molar-refractivity contribution in [2.24, 2.45) is 0 Å². The molecule has 0 fully saturated rings. The standard InChI is InChI=1S/C41H24N2/c1-3-14-34-29(11-1)31-19-18-27(28-21-23-43-40-33(28)20-17-26-10-7-22-42-39(26)40)24-37(31)41(34)35-15-4-2-12-30(35)32-13-5-8-25-9-6-16-36(41)38(25)32/h1-24H. The number of hydrogen-bond acceptors (Lipinski definition) is 2. The van der Waals surface area contributed by atoms with Crippen LogP contribution in [0, 0.1) is 0 Å². The number of aromatic nitrogens is 2. The van der Waals surface area contributed by atoms with Crippen LogP contribution in [0.15, 0.2) is 146 Å². The summed E-state index contributed by atoms with van der Waals surface area (Å²) in [7, 11) is 0.